The van der Waals surface area contributed by atoms with Gasteiger partial charge in [-0.1, -0.05) is 13.8 Å². The maximum atomic E-state index is 11.4. The van der Waals surface area contributed by atoms with Crippen molar-refractivity contribution in [2.75, 3.05) is 0 Å². The lowest BCUT2D eigenvalue weighted by molar-refractivity contribution is 0.810. The van der Waals surface area contributed by atoms with Gasteiger partial charge < -0.3 is 4.98 Å². The van der Waals surface area contributed by atoms with Gasteiger partial charge in [-0.2, -0.15) is 0 Å². The van der Waals surface area contributed by atoms with Gasteiger partial charge in [0.2, 0.25) is 0 Å². The fraction of sp³-hybridized carbons (Fsp3) is 0.273. The minimum absolute atomic E-state index is 0.160. The fourth-order valence-corrected chi connectivity index (χ4v) is 1.32. The van der Waals surface area contributed by atoms with E-state index < -0.39 is 0 Å². The van der Waals surface area contributed by atoms with Crippen LogP contribution in [0.25, 0.3) is 11.5 Å². The quantitative estimate of drug-likeness (QED) is 0.822. The van der Waals surface area contributed by atoms with Gasteiger partial charge in [0.25, 0.3) is 5.56 Å². The second-order valence-electron chi connectivity index (χ2n) is 3.77. The van der Waals surface area contributed by atoms with Crippen molar-refractivity contribution in [3.63, 3.8) is 0 Å². The number of nitrogens with zero attached hydrogens (tertiary/aromatic N) is 3. The van der Waals surface area contributed by atoms with Crippen LogP contribution in [-0.2, 0) is 0 Å². The minimum Gasteiger partial charge on any atom is -0.305 e. The van der Waals surface area contributed by atoms with Crippen LogP contribution in [0.1, 0.15) is 25.5 Å². The van der Waals surface area contributed by atoms with E-state index in [1.807, 2.05) is 13.8 Å². The fourth-order valence-electron chi connectivity index (χ4n) is 1.32. The second kappa shape index (κ2) is 4.22. The van der Waals surface area contributed by atoms with Gasteiger partial charge in [0.1, 0.15) is 12.0 Å². The Morgan fingerprint density at radius 1 is 1.38 bits per heavy atom. The Labute approximate surface area is 92.6 Å². The summed E-state index contributed by atoms with van der Waals surface area (Å²) >= 11 is 0. The SMILES string of the molecule is CC(C)c1cc(=O)[nH]c(-c2ccncn2)n1. The van der Waals surface area contributed by atoms with E-state index in [4.69, 9.17) is 0 Å². The summed E-state index contributed by atoms with van der Waals surface area (Å²) in [6.45, 7) is 3.98. The van der Waals surface area contributed by atoms with Crippen molar-refractivity contribution in [2.24, 2.45) is 0 Å². The molecule has 0 unspecified atom stereocenters. The van der Waals surface area contributed by atoms with Gasteiger partial charge in [-0.15, -0.1) is 0 Å². The first-order chi connectivity index (χ1) is 7.66. The molecule has 5 heteroatoms. The van der Waals surface area contributed by atoms with Gasteiger partial charge in [-0.25, -0.2) is 15.0 Å². The zero-order chi connectivity index (χ0) is 11.5. The third kappa shape index (κ3) is 2.13. The van der Waals surface area contributed by atoms with Gasteiger partial charge in [0.15, 0.2) is 5.82 Å². The molecule has 82 valence electrons. The Balaban J connectivity index is 2.54. The molecule has 0 bridgehead atoms. The topological polar surface area (TPSA) is 71.5 Å². The number of hydrogen-bond donors (Lipinski definition) is 1. The molecule has 0 aliphatic rings. The van der Waals surface area contributed by atoms with Crippen molar-refractivity contribution >= 4 is 0 Å². The standard InChI is InChI=1S/C11H12N4O/c1-7(2)9-5-10(16)15-11(14-9)8-3-4-12-6-13-8/h3-7H,1-2H3,(H,14,15,16). The van der Waals surface area contributed by atoms with E-state index in [9.17, 15) is 4.79 Å². The van der Waals surface area contributed by atoms with Crippen LogP contribution in [0.3, 0.4) is 0 Å². The average Bonchev–Trinajstić information content (AvgIpc) is 2.29. The highest BCUT2D eigenvalue weighted by molar-refractivity contribution is 5.47. The van der Waals surface area contributed by atoms with E-state index in [1.54, 1.807) is 12.3 Å². The van der Waals surface area contributed by atoms with E-state index in [1.165, 1.54) is 12.4 Å². The largest absolute Gasteiger partial charge is 0.305 e. The molecular weight excluding hydrogens is 204 g/mol. The van der Waals surface area contributed by atoms with Crippen LogP contribution < -0.4 is 5.56 Å². The molecule has 5 nitrogen and oxygen atoms in total. The van der Waals surface area contributed by atoms with Crippen LogP contribution in [-0.4, -0.2) is 19.9 Å². The Morgan fingerprint density at radius 3 is 2.81 bits per heavy atom. The summed E-state index contributed by atoms with van der Waals surface area (Å²) in [5, 5.41) is 0. The van der Waals surface area contributed by atoms with E-state index in [2.05, 4.69) is 19.9 Å². The van der Waals surface area contributed by atoms with Gasteiger partial charge in [-0.3, -0.25) is 4.79 Å². The molecule has 0 aromatic carbocycles. The summed E-state index contributed by atoms with van der Waals surface area (Å²) in [6, 6.07) is 3.22. The zero-order valence-corrected chi connectivity index (χ0v) is 9.14. The normalized spacial score (nSPS) is 10.7. The number of aromatic nitrogens is 4. The molecule has 0 atom stereocenters. The monoisotopic (exact) mass is 216 g/mol. The predicted octanol–water partition coefficient (Wildman–Crippen LogP) is 1.35. The third-order valence-corrected chi connectivity index (χ3v) is 2.18. The van der Waals surface area contributed by atoms with Gasteiger partial charge in [0.05, 0.1) is 5.69 Å². The van der Waals surface area contributed by atoms with Crippen LogP contribution in [0.15, 0.2) is 29.5 Å². The zero-order valence-electron chi connectivity index (χ0n) is 9.14. The van der Waals surface area contributed by atoms with Crippen molar-refractivity contribution in [1.82, 2.24) is 19.9 Å². The molecule has 0 saturated carbocycles. The Hall–Kier alpha value is -2.04. The number of rotatable bonds is 2. The Kier molecular flexibility index (Phi) is 2.76. The van der Waals surface area contributed by atoms with Crippen molar-refractivity contribution in [3.05, 3.63) is 40.7 Å². The maximum absolute atomic E-state index is 11.4. The molecule has 0 fully saturated rings. The summed E-state index contributed by atoms with van der Waals surface area (Å²) in [4.78, 5) is 26.3. The number of hydrogen-bond acceptors (Lipinski definition) is 4. The first kappa shape index (κ1) is 10.5. The molecule has 0 saturated heterocycles. The molecule has 2 aromatic rings. The lowest BCUT2D eigenvalue weighted by atomic mass is 10.1. The molecule has 0 spiro atoms. The molecule has 0 aliphatic carbocycles. The highest BCUT2D eigenvalue weighted by Gasteiger charge is 2.07. The van der Waals surface area contributed by atoms with Crippen molar-refractivity contribution < 1.29 is 0 Å². The Morgan fingerprint density at radius 2 is 2.19 bits per heavy atom. The Bertz CT molecular complexity index is 533. The lowest BCUT2D eigenvalue weighted by Crippen LogP contribution is -2.11. The number of H-pyrrole nitrogens is 1. The molecule has 2 aromatic heterocycles. The average molecular weight is 216 g/mol. The molecule has 2 heterocycles. The summed E-state index contributed by atoms with van der Waals surface area (Å²) in [6.07, 6.45) is 3.04. The predicted molar refractivity (Wildman–Crippen MR) is 60.0 cm³/mol. The molecule has 0 radical (unpaired) electrons. The van der Waals surface area contributed by atoms with Crippen molar-refractivity contribution in [1.29, 1.82) is 0 Å². The first-order valence-corrected chi connectivity index (χ1v) is 5.04. The van der Waals surface area contributed by atoms with E-state index >= 15 is 0 Å². The van der Waals surface area contributed by atoms with Crippen molar-refractivity contribution in [3.8, 4) is 11.5 Å². The smallest absolute Gasteiger partial charge is 0.251 e. The second-order valence-corrected chi connectivity index (χ2v) is 3.77. The summed E-state index contributed by atoms with van der Waals surface area (Å²) in [7, 11) is 0. The van der Waals surface area contributed by atoms with Crippen LogP contribution in [0, 0.1) is 0 Å². The molecule has 16 heavy (non-hydrogen) atoms. The van der Waals surface area contributed by atoms with Gasteiger partial charge >= 0.3 is 0 Å². The highest BCUT2D eigenvalue weighted by atomic mass is 16.1. The van der Waals surface area contributed by atoms with Crippen LogP contribution in [0.4, 0.5) is 0 Å². The molecule has 1 N–H and O–H groups in total. The van der Waals surface area contributed by atoms with E-state index in [0.717, 1.165) is 5.69 Å². The molecule has 0 amide bonds. The third-order valence-electron chi connectivity index (χ3n) is 2.18. The summed E-state index contributed by atoms with van der Waals surface area (Å²) in [5.41, 5.74) is 1.22. The lowest BCUT2D eigenvalue weighted by Gasteiger charge is -2.05. The molecule has 2 rings (SSSR count). The van der Waals surface area contributed by atoms with Gasteiger partial charge in [0, 0.05) is 12.3 Å². The van der Waals surface area contributed by atoms with E-state index in [-0.39, 0.29) is 11.5 Å². The van der Waals surface area contributed by atoms with Gasteiger partial charge in [-0.05, 0) is 12.0 Å². The van der Waals surface area contributed by atoms with Crippen LogP contribution in [0.2, 0.25) is 0 Å². The van der Waals surface area contributed by atoms with Crippen LogP contribution in [0.5, 0.6) is 0 Å². The molecule has 0 aliphatic heterocycles. The summed E-state index contributed by atoms with van der Waals surface area (Å²) < 4.78 is 0. The maximum Gasteiger partial charge on any atom is 0.251 e. The minimum atomic E-state index is -0.160. The van der Waals surface area contributed by atoms with Crippen LogP contribution >= 0.6 is 0 Å². The number of nitrogens with one attached hydrogen (secondary N) is 1. The van der Waals surface area contributed by atoms with E-state index in [0.29, 0.717) is 11.5 Å². The molecular formula is C11H12N4O. The van der Waals surface area contributed by atoms with Crippen molar-refractivity contribution in [2.45, 2.75) is 19.8 Å². The first-order valence-electron chi connectivity index (χ1n) is 5.04. The summed E-state index contributed by atoms with van der Waals surface area (Å²) in [5.74, 6) is 0.696. The highest BCUT2D eigenvalue weighted by Crippen LogP contribution is 2.13. The number of aromatic amines is 1.